The Morgan fingerprint density at radius 1 is 1.21 bits per heavy atom. The van der Waals surface area contributed by atoms with Crippen molar-refractivity contribution in [3.8, 4) is 0 Å². The standard InChI is InChI=1S/C14H26O.C2H4O2/c1-3-5-7-8-9-11-13-14(15)12-10-6-4-2;1-2(3)4/h3,5,7,14-15H,1,4,6,8-13H2,2H3;1H3,(H,3,4). The first kappa shape index (κ1) is 20.2. The minimum atomic E-state index is -0.833. The van der Waals surface area contributed by atoms with Gasteiger partial charge in [-0.15, -0.1) is 0 Å². The van der Waals surface area contributed by atoms with Gasteiger partial charge < -0.3 is 10.2 Å². The van der Waals surface area contributed by atoms with E-state index in [1.165, 1.54) is 25.7 Å². The number of rotatable bonds is 10. The van der Waals surface area contributed by atoms with Gasteiger partial charge in [0.15, 0.2) is 0 Å². The van der Waals surface area contributed by atoms with Crippen molar-refractivity contribution in [2.75, 3.05) is 0 Å². The molecule has 0 saturated carbocycles. The number of unbranched alkanes of at least 4 members (excludes halogenated alkanes) is 4. The zero-order valence-corrected chi connectivity index (χ0v) is 12.5. The normalized spacial score (nSPS) is 11.7. The van der Waals surface area contributed by atoms with Gasteiger partial charge in [-0.3, -0.25) is 4.79 Å². The number of carboxylic acid groups (broad SMARTS) is 1. The van der Waals surface area contributed by atoms with Crippen molar-refractivity contribution in [1.82, 2.24) is 0 Å². The molecule has 0 aromatic heterocycles. The molecule has 0 spiro atoms. The zero-order valence-electron chi connectivity index (χ0n) is 12.5. The monoisotopic (exact) mass is 270 g/mol. The van der Waals surface area contributed by atoms with E-state index in [-0.39, 0.29) is 6.10 Å². The van der Waals surface area contributed by atoms with Crippen LogP contribution in [-0.2, 0) is 4.79 Å². The molecule has 0 aromatic carbocycles. The van der Waals surface area contributed by atoms with E-state index in [9.17, 15) is 5.11 Å². The van der Waals surface area contributed by atoms with Crippen LogP contribution in [-0.4, -0.2) is 22.3 Å². The third-order valence-corrected chi connectivity index (χ3v) is 2.57. The minimum Gasteiger partial charge on any atom is -0.481 e. The Bertz CT molecular complexity index is 230. The maximum absolute atomic E-state index is 9.64. The van der Waals surface area contributed by atoms with Gasteiger partial charge in [-0.25, -0.2) is 0 Å². The van der Waals surface area contributed by atoms with Gasteiger partial charge in [-0.1, -0.05) is 57.4 Å². The molecule has 3 nitrogen and oxygen atoms in total. The summed E-state index contributed by atoms with van der Waals surface area (Å²) in [7, 11) is 0. The number of hydrogen-bond donors (Lipinski definition) is 2. The van der Waals surface area contributed by atoms with Gasteiger partial charge in [0, 0.05) is 6.92 Å². The molecule has 0 rings (SSSR count). The molecular weight excluding hydrogens is 240 g/mol. The highest BCUT2D eigenvalue weighted by Gasteiger charge is 2.02. The van der Waals surface area contributed by atoms with Crippen molar-refractivity contribution < 1.29 is 15.0 Å². The van der Waals surface area contributed by atoms with Crippen molar-refractivity contribution in [3.05, 3.63) is 24.8 Å². The topological polar surface area (TPSA) is 57.5 Å². The Hall–Kier alpha value is -1.09. The van der Waals surface area contributed by atoms with E-state index in [0.29, 0.717) is 0 Å². The first-order valence-electron chi connectivity index (χ1n) is 7.19. The summed E-state index contributed by atoms with van der Waals surface area (Å²) >= 11 is 0. The lowest BCUT2D eigenvalue weighted by Crippen LogP contribution is -2.05. The number of hydrogen-bond acceptors (Lipinski definition) is 2. The van der Waals surface area contributed by atoms with Crippen LogP contribution in [0.1, 0.15) is 65.2 Å². The summed E-state index contributed by atoms with van der Waals surface area (Å²) in [5.41, 5.74) is 0. The fourth-order valence-electron chi connectivity index (χ4n) is 1.61. The van der Waals surface area contributed by atoms with Gasteiger partial charge in [0.2, 0.25) is 0 Å². The van der Waals surface area contributed by atoms with Gasteiger partial charge >= 0.3 is 0 Å². The number of allylic oxidation sites excluding steroid dienone is 3. The number of aliphatic carboxylic acids is 1. The summed E-state index contributed by atoms with van der Waals surface area (Å²) in [6, 6.07) is 0. The first-order valence-corrected chi connectivity index (χ1v) is 7.19. The molecule has 0 aliphatic heterocycles. The van der Waals surface area contributed by atoms with Gasteiger partial charge in [-0.2, -0.15) is 0 Å². The number of aliphatic hydroxyl groups excluding tert-OH is 1. The van der Waals surface area contributed by atoms with Crippen molar-refractivity contribution in [2.45, 2.75) is 71.3 Å². The highest BCUT2D eigenvalue weighted by Crippen LogP contribution is 2.10. The van der Waals surface area contributed by atoms with Crippen LogP contribution in [0.5, 0.6) is 0 Å². The van der Waals surface area contributed by atoms with Crippen LogP contribution in [0.25, 0.3) is 0 Å². The second-order valence-electron chi connectivity index (χ2n) is 4.62. The molecule has 112 valence electrons. The quantitative estimate of drug-likeness (QED) is 0.459. The van der Waals surface area contributed by atoms with Crippen LogP contribution in [0.4, 0.5) is 0 Å². The van der Waals surface area contributed by atoms with E-state index in [4.69, 9.17) is 9.90 Å². The second-order valence-corrected chi connectivity index (χ2v) is 4.62. The minimum absolute atomic E-state index is 0.0695. The molecule has 0 aliphatic rings. The molecule has 0 aliphatic carbocycles. The summed E-state index contributed by atoms with van der Waals surface area (Å²) in [4.78, 5) is 9.00. The van der Waals surface area contributed by atoms with Crippen LogP contribution in [0.15, 0.2) is 24.8 Å². The van der Waals surface area contributed by atoms with Crippen LogP contribution < -0.4 is 0 Å². The average Bonchev–Trinajstić information content (AvgIpc) is 2.33. The van der Waals surface area contributed by atoms with Crippen molar-refractivity contribution in [3.63, 3.8) is 0 Å². The smallest absolute Gasteiger partial charge is 0.300 e. The fraction of sp³-hybridized carbons (Fsp3) is 0.688. The SMILES string of the molecule is C=CC=CCCCCC(O)CCCCC.CC(=O)O. The van der Waals surface area contributed by atoms with E-state index < -0.39 is 5.97 Å². The first-order chi connectivity index (χ1) is 9.04. The Labute approximate surface area is 118 Å². The molecule has 0 aromatic rings. The summed E-state index contributed by atoms with van der Waals surface area (Å²) < 4.78 is 0. The van der Waals surface area contributed by atoms with E-state index in [1.54, 1.807) is 6.08 Å². The average molecular weight is 270 g/mol. The molecule has 0 saturated heterocycles. The number of carbonyl (C=O) groups is 1. The van der Waals surface area contributed by atoms with Crippen molar-refractivity contribution in [1.29, 1.82) is 0 Å². The van der Waals surface area contributed by atoms with E-state index in [0.717, 1.165) is 32.6 Å². The summed E-state index contributed by atoms with van der Waals surface area (Å²) in [6.45, 7) is 6.90. The van der Waals surface area contributed by atoms with Crippen LogP contribution in [0.2, 0.25) is 0 Å². The van der Waals surface area contributed by atoms with Crippen LogP contribution in [0, 0.1) is 0 Å². The van der Waals surface area contributed by atoms with E-state index >= 15 is 0 Å². The summed E-state index contributed by atoms with van der Waals surface area (Å²) in [6.07, 6.45) is 14.9. The highest BCUT2D eigenvalue weighted by atomic mass is 16.4. The zero-order chi connectivity index (χ0) is 14.9. The lowest BCUT2D eigenvalue weighted by Gasteiger charge is -2.08. The lowest BCUT2D eigenvalue weighted by molar-refractivity contribution is -0.134. The molecule has 2 N–H and O–H groups in total. The van der Waals surface area contributed by atoms with Crippen molar-refractivity contribution in [2.24, 2.45) is 0 Å². The maximum atomic E-state index is 9.64. The number of aliphatic hydroxyl groups is 1. The summed E-state index contributed by atoms with van der Waals surface area (Å²) in [5.74, 6) is -0.833. The molecule has 0 radical (unpaired) electrons. The van der Waals surface area contributed by atoms with Crippen LogP contribution in [0.3, 0.4) is 0 Å². The van der Waals surface area contributed by atoms with E-state index in [1.807, 2.05) is 6.08 Å². The van der Waals surface area contributed by atoms with Crippen molar-refractivity contribution >= 4 is 5.97 Å². The molecule has 0 bridgehead atoms. The van der Waals surface area contributed by atoms with E-state index in [2.05, 4.69) is 19.6 Å². The Morgan fingerprint density at radius 2 is 1.74 bits per heavy atom. The van der Waals surface area contributed by atoms with Gasteiger partial charge in [0.1, 0.15) is 0 Å². The number of carboxylic acids is 1. The Morgan fingerprint density at radius 3 is 2.21 bits per heavy atom. The lowest BCUT2D eigenvalue weighted by atomic mass is 10.0. The predicted molar refractivity (Wildman–Crippen MR) is 81.3 cm³/mol. The largest absolute Gasteiger partial charge is 0.481 e. The molecule has 0 heterocycles. The van der Waals surface area contributed by atoms with Crippen LogP contribution >= 0.6 is 0 Å². The summed E-state index contributed by atoms with van der Waals surface area (Å²) in [5, 5.41) is 17.1. The second kappa shape index (κ2) is 16.9. The molecule has 0 amide bonds. The highest BCUT2D eigenvalue weighted by molar-refractivity contribution is 5.62. The third-order valence-electron chi connectivity index (χ3n) is 2.57. The molecule has 0 fully saturated rings. The van der Waals surface area contributed by atoms with Gasteiger partial charge in [0.05, 0.1) is 6.10 Å². The van der Waals surface area contributed by atoms with Gasteiger partial charge in [-0.05, 0) is 25.7 Å². The Kier molecular flexibility index (Phi) is 18.0. The predicted octanol–water partition coefficient (Wildman–Crippen LogP) is 4.32. The molecule has 1 unspecified atom stereocenters. The molecular formula is C16H30O3. The fourth-order valence-corrected chi connectivity index (χ4v) is 1.61. The molecule has 1 atom stereocenters. The molecule has 19 heavy (non-hydrogen) atoms. The Balaban J connectivity index is 0. The third kappa shape index (κ3) is 26.5. The maximum Gasteiger partial charge on any atom is 0.300 e. The molecule has 3 heteroatoms. The van der Waals surface area contributed by atoms with Gasteiger partial charge in [0.25, 0.3) is 5.97 Å².